The third-order valence-electron chi connectivity index (χ3n) is 4.93. The van der Waals surface area contributed by atoms with Crippen molar-refractivity contribution in [1.82, 2.24) is 5.32 Å². The molecule has 1 N–H and O–H groups in total. The molecule has 0 aliphatic carbocycles. The van der Waals surface area contributed by atoms with Crippen LogP contribution in [0.3, 0.4) is 0 Å². The molecule has 4 rings (SSSR count). The molecule has 0 radical (unpaired) electrons. The lowest BCUT2D eigenvalue weighted by Gasteiger charge is -2.29. The molecule has 0 aromatic heterocycles. The molecule has 2 aliphatic rings. The Hall–Kier alpha value is -2.31. The van der Waals surface area contributed by atoms with Crippen molar-refractivity contribution in [1.29, 1.82) is 5.26 Å². The standard InChI is InChI=1S/C20H20N2O/c21-13-15-6-9-18(12-20(15)14-4-2-1-3-5-14)23-19-10-16-7-8-17(11-19)22-16/h1-6,9,12,16-17,19,22H,7-8,10-11H2/t16-,17+,19-. The van der Waals surface area contributed by atoms with Crippen molar-refractivity contribution in [3.8, 4) is 22.9 Å². The van der Waals surface area contributed by atoms with Crippen molar-refractivity contribution < 1.29 is 4.74 Å². The molecule has 23 heavy (non-hydrogen) atoms. The topological polar surface area (TPSA) is 45.0 Å². The fraction of sp³-hybridized carbons (Fsp3) is 0.350. The molecule has 2 saturated heterocycles. The minimum Gasteiger partial charge on any atom is -0.490 e. The van der Waals surface area contributed by atoms with Crippen LogP contribution < -0.4 is 10.1 Å². The number of nitrogens with one attached hydrogen (secondary N) is 1. The Morgan fingerprint density at radius 2 is 1.74 bits per heavy atom. The van der Waals surface area contributed by atoms with Crippen molar-refractivity contribution in [2.75, 3.05) is 0 Å². The number of hydrogen-bond donors (Lipinski definition) is 1. The van der Waals surface area contributed by atoms with Crippen molar-refractivity contribution >= 4 is 0 Å². The average molecular weight is 304 g/mol. The van der Waals surface area contributed by atoms with Gasteiger partial charge in [-0.1, -0.05) is 30.3 Å². The zero-order valence-corrected chi connectivity index (χ0v) is 13.0. The highest BCUT2D eigenvalue weighted by atomic mass is 16.5. The fourth-order valence-electron chi connectivity index (χ4n) is 3.84. The summed E-state index contributed by atoms with van der Waals surface area (Å²) in [6.45, 7) is 0. The summed E-state index contributed by atoms with van der Waals surface area (Å²) in [5, 5.41) is 13.0. The molecule has 116 valence electrons. The molecule has 3 nitrogen and oxygen atoms in total. The minimum absolute atomic E-state index is 0.283. The number of nitriles is 1. The van der Waals surface area contributed by atoms with Crippen LogP contribution in [0.2, 0.25) is 0 Å². The van der Waals surface area contributed by atoms with Crippen LogP contribution in [-0.2, 0) is 0 Å². The van der Waals surface area contributed by atoms with E-state index in [1.807, 2.05) is 48.5 Å². The zero-order valence-electron chi connectivity index (χ0n) is 13.0. The molecule has 2 bridgehead atoms. The van der Waals surface area contributed by atoms with Gasteiger partial charge in [-0.05, 0) is 49.4 Å². The van der Waals surface area contributed by atoms with Gasteiger partial charge in [0.2, 0.25) is 0 Å². The van der Waals surface area contributed by atoms with Crippen molar-refractivity contribution in [2.45, 2.75) is 43.9 Å². The first-order valence-corrected chi connectivity index (χ1v) is 8.34. The summed E-state index contributed by atoms with van der Waals surface area (Å²) >= 11 is 0. The van der Waals surface area contributed by atoms with Gasteiger partial charge in [-0.2, -0.15) is 5.26 Å². The van der Waals surface area contributed by atoms with Crippen LogP contribution in [0.5, 0.6) is 5.75 Å². The number of nitrogens with zero attached hydrogens (tertiary/aromatic N) is 1. The van der Waals surface area contributed by atoms with Crippen LogP contribution in [0.1, 0.15) is 31.2 Å². The molecule has 0 amide bonds. The molecule has 3 heteroatoms. The fourth-order valence-corrected chi connectivity index (χ4v) is 3.84. The lowest BCUT2D eigenvalue weighted by molar-refractivity contribution is 0.137. The maximum Gasteiger partial charge on any atom is 0.120 e. The first-order chi connectivity index (χ1) is 11.3. The number of rotatable bonds is 3. The predicted molar refractivity (Wildman–Crippen MR) is 90.2 cm³/mol. The van der Waals surface area contributed by atoms with Gasteiger partial charge in [0.25, 0.3) is 0 Å². The number of piperidine rings is 1. The normalized spacial score (nSPS) is 25.8. The molecule has 0 spiro atoms. The monoisotopic (exact) mass is 304 g/mol. The first kappa shape index (κ1) is 14.3. The Morgan fingerprint density at radius 3 is 2.43 bits per heavy atom. The largest absolute Gasteiger partial charge is 0.490 e. The highest BCUT2D eigenvalue weighted by Gasteiger charge is 2.34. The molecule has 2 heterocycles. The smallest absolute Gasteiger partial charge is 0.120 e. The van der Waals surface area contributed by atoms with Crippen LogP contribution in [0.4, 0.5) is 0 Å². The van der Waals surface area contributed by atoms with Crippen molar-refractivity contribution in [3.05, 3.63) is 54.1 Å². The second kappa shape index (κ2) is 6.06. The second-order valence-corrected chi connectivity index (χ2v) is 6.53. The van der Waals surface area contributed by atoms with Crippen LogP contribution in [-0.4, -0.2) is 18.2 Å². The van der Waals surface area contributed by atoms with Gasteiger partial charge in [0.1, 0.15) is 11.9 Å². The quantitative estimate of drug-likeness (QED) is 0.935. The summed E-state index contributed by atoms with van der Waals surface area (Å²) in [6.07, 6.45) is 4.99. The summed E-state index contributed by atoms with van der Waals surface area (Å²) in [6, 6.07) is 19.4. The SMILES string of the molecule is N#Cc1ccc(O[C@@H]2C[C@H]3CC[C@@H](C2)N3)cc1-c1ccccc1. The Morgan fingerprint density at radius 1 is 1.00 bits per heavy atom. The van der Waals surface area contributed by atoms with Gasteiger partial charge < -0.3 is 10.1 Å². The van der Waals surface area contributed by atoms with E-state index in [0.717, 1.165) is 29.7 Å². The third kappa shape index (κ3) is 2.95. The third-order valence-corrected chi connectivity index (χ3v) is 4.93. The Labute approximate surface area is 136 Å². The van der Waals surface area contributed by atoms with Gasteiger partial charge in [0, 0.05) is 17.6 Å². The summed E-state index contributed by atoms with van der Waals surface area (Å²) in [5.41, 5.74) is 2.69. The molecular weight excluding hydrogens is 284 g/mol. The van der Waals surface area contributed by atoms with Crippen molar-refractivity contribution in [3.63, 3.8) is 0 Å². The Kier molecular flexibility index (Phi) is 3.77. The average Bonchev–Trinajstić information content (AvgIpc) is 2.94. The maximum atomic E-state index is 9.37. The van der Waals surface area contributed by atoms with E-state index in [1.54, 1.807) is 0 Å². The lowest BCUT2D eigenvalue weighted by atomic mass is 9.99. The van der Waals surface area contributed by atoms with Gasteiger partial charge in [-0.3, -0.25) is 0 Å². The summed E-state index contributed by atoms with van der Waals surface area (Å²) in [5.74, 6) is 0.870. The summed E-state index contributed by atoms with van der Waals surface area (Å²) in [4.78, 5) is 0. The number of fused-ring (bicyclic) bond motifs is 2. The minimum atomic E-state index is 0.283. The predicted octanol–water partition coefficient (Wildman–Crippen LogP) is 3.89. The highest BCUT2D eigenvalue weighted by Crippen LogP contribution is 2.32. The molecular formula is C20H20N2O. The van der Waals surface area contributed by atoms with Crippen LogP contribution in [0.25, 0.3) is 11.1 Å². The van der Waals surface area contributed by atoms with Crippen molar-refractivity contribution in [2.24, 2.45) is 0 Å². The van der Waals surface area contributed by atoms with E-state index in [4.69, 9.17) is 4.74 Å². The number of ether oxygens (including phenoxy) is 1. The maximum absolute atomic E-state index is 9.37. The molecule has 2 fully saturated rings. The van der Waals surface area contributed by atoms with Crippen LogP contribution in [0.15, 0.2) is 48.5 Å². The molecule has 0 unspecified atom stereocenters. The second-order valence-electron chi connectivity index (χ2n) is 6.53. The van der Waals surface area contributed by atoms with E-state index in [-0.39, 0.29) is 6.10 Å². The van der Waals surface area contributed by atoms with Crippen LogP contribution in [0, 0.1) is 11.3 Å². The molecule has 2 aromatic rings. The van der Waals surface area contributed by atoms with E-state index in [0.29, 0.717) is 17.6 Å². The summed E-state index contributed by atoms with van der Waals surface area (Å²) < 4.78 is 6.25. The first-order valence-electron chi connectivity index (χ1n) is 8.34. The van der Waals surface area contributed by atoms with Gasteiger partial charge in [0.15, 0.2) is 0 Å². The van der Waals surface area contributed by atoms with E-state index in [1.165, 1.54) is 12.8 Å². The van der Waals surface area contributed by atoms with E-state index in [9.17, 15) is 5.26 Å². The zero-order chi connectivity index (χ0) is 15.6. The molecule has 2 aliphatic heterocycles. The van der Waals surface area contributed by atoms with E-state index >= 15 is 0 Å². The van der Waals surface area contributed by atoms with E-state index in [2.05, 4.69) is 11.4 Å². The number of benzene rings is 2. The summed E-state index contributed by atoms with van der Waals surface area (Å²) in [7, 11) is 0. The van der Waals surface area contributed by atoms with Gasteiger partial charge in [-0.25, -0.2) is 0 Å². The number of hydrogen-bond acceptors (Lipinski definition) is 3. The van der Waals surface area contributed by atoms with Gasteiger partial charge >= 0.3 is 0 Å². The van der Waals surface area contributed by atoms with Gasteiger partial charge in [-0.15, -0.1) is 0 Å². The van der Waals surface area contributed by atoms with Gasteiger partial charge in [0.05, 0.1) is 11.6 Å². The molecule has 2 aromatic carbocycles. The highest BCUT2D eigenvalue weighted by molar-refractivity contribution is 5.71. The molecule has 3 atom stereocenters. The molecule has 0 saturated carbocycles. The lowest BCUT2D eigenvalue weighted by Crippen LogP contribution is -2.42. The Balaban J connectivity index is 1.59. The Bertz CT molecular complexity index is 723. The van der Waals surface area contributed by atoms with Crippen LogP contribution >= 0.6 is 0 Å². The van der Waals surface area contributed by atoms with E-state index < -0.39 is 0 Å².